The molecular weight excluding hydrogens is 345 g/mol. The van der Waals surface area contributed by atoms with Crippen molar-refractivity contribution in [3.05, 3.63) is 47.8 Å². The Morgan fingerprint density at radius 2 is 1.62 bits per heavy atom. The third-order valence-corrected chi connectivity index (χ3v) is 3.12. The van der Waals surface area contributed by atoms with Crippen LogP contribution in [0.25, 0.3) is 16.9 Å². The summed E-state index contributed by atoms with van der Waals surface area (Å²) in [5, 5.41) is 6.25. The monoisotopic (exact) mass is 350 g/mol. The molecule has 0 saturated carbocycles. The first-order valence-electron chi connectivity index (χ1n) is 6.22. The largest absolute Gasteiger partial charge is 0.452 e. The third-order valence-electron chi connectivity index (χ3n) is 3.12. The molecule has 0 unspecified atom stereocenters. The van der Waals surface area contributed by atoms with Crippen LogP contribution in [0.4, 0.5) is 30.7 Å². The van der Waals surface area contributed by atoms with Gasteiger partial charge in [0.15, 0.2) is 5.65 Å². The lowest BCUT2D eigenvalue weighted by atomic mass is 10.1. The molecule has 2 aromatic heterocycles. The van der Waals surface area contributed by atoms with Crippen molar-refractivity contribution >= 4 is 5.65 Å². The maximum Gasteiger partial charge on any atom is 0.452 e. The van der Waals surface area contributed by atoms with Gasteiger partial charge in [0.05, 0.1) is 17.5 Å². The van der Waals surface area contributed by atoms with Crippen molar-refractivity contribution in [2.45, 2.75) is 12.4 Å². The fraction of sp³-hybridized carbons (Fsp3) is 0.154. The first-order chi connectivity index (χ1) is 11.1. The molecule has 0 aliphatic carbocycles. The smallest absolute Gasteiger partial charge is 0.275 e. The minimum atomic E-state index is -4.81. The second-order valence-corrected chi connectivity index (χ2v) is 4.71. The molecule has 3 rings (SSSR count). The van der Waals surface area contributed by atoms with E-state index in [1.54, 1.807) is 0 Å². The zero-order valence-corrected chi connectivity index (χ0v) is 11.3. The number of hydrogen-bond donors (Lipinski definition) is 0. The van der Waals surface area contributed by atoms with Crippen molar-refractivity contribution in [3.8, 4) is 11.3 Å². The Balaban J connectivity index is 2.13. The average molecular weight is 350 g/mol. The summed E-state index contributed by atoms with van der Waals surface area (Å²) in [6.07, 6.45) is -7.83. The second kappa shape index (κ2) is 5.14. The summed E-state index contributed by atoms with van der Waals surface area (Å²) in [7, 11) is 0. The van der Waals surface area contributed by atoms with Gasteiger partial charge >= 0.3 is 12.4 Å². The maximum atomic E-state index is 13.9. The van der Waals surface area contributed by atoms with E-state index in [1.165, 1.54) is 0 Å². The number of aromatic nitrogens is 4. The van der Waals surface area contributed by atoms with Gasteiger partial charge in [0.1, 0.15) is 5.82 Å². The SMILES string of the molecule is Fc1cc(C(F)(F)F)ccc1-c1cn2c(C(F)(F)F)nnc2cn1. The van der Waals surface area contributed by atoms with E-state index in [2.05, 4.69) is 15.2 Å². The lowest BCUT2D eigenvalue weighted by Gasteiger charge is -2.09. The molecule has 0 bridgehead atoms. The van der Waals surface area contributed by atoms with Crippen LogP contribution in [0.1, 0.15) is 11.4 Å². The minimum Gasteiger partial charge on any atom is -0.275 e. The minimum absolute atomic E-state index is 0.238. The zero-order valence-electron chi connectivity index (χ0n) is 11.3. The quantitative estimate of drug-likeness (QED) is 0.624. The van der Waals surface area contributed by atoms with Crippen molar-refractivity contribution < 1.29 is 30.7 Å². The third kappa shape index (κ3) is 2.76. The van der Waals surface area contributed by atoms with Gasteiger partial charge in [-0.2, -0.15) is 26.3 Å². The fourth-order valence-electron chi connectivity index (χ4n) is 2.03. The molecule has 126 valence electrons. The fourth-order valence-corrected chi connectivity index (χ4v) is 2.03. The van der Waals surface area contributed by atoms with E-state index in [4.69, 9.17) is 0 Å². The van der Waals surface area contributed by atoms with E-state index >= 15 is 0 Å². The van der Waals surface area contributed by atoms with Crippen molar-refractivity contribution in [1.82, 2.24) is 19.6 Å². The van der Waals surface area contributed by atoms with Crippen molar-refractivity contribution in [1.29, 1.82) is 0 Å². The van der Waals surface area contributed by atoms with E-state index < -0.39 is 29.6 Å². The first-order valence-corrected chi connectivity index (χ1v) is 6.22. The molecule has 0 amide bonds. The number of fused-ring (bicyclic) bond motifs is 1. The van der Waals surface area contributed by atoms with Crippen LogP contribution in [0.3, 0.4) is 0 Å². The Morgan fingerprint density at radius 3 is 2.21 bits per heavy atom. The van der Waals surface area contributed by atoms with Gasteiger partial charge in [0.2, 0.25) is 5.82 Å². The molecule has 0 aliphatic heterocycles. The summed E-state index contributed by atoms with van der Waals surface area (Å²) in [5.74, 6) is -2.62. The average Bonchev–Trinajstić information content (AvgIpc) is 2.89. The highest BCUT2D eigenvalue weighted by Gasteiger charge is 2.37. The Bertz CT molecular complexity index is 911. The molecule has 11 heteroatoms. The highest BCUT2D eigenvalue weighted by Crippen LogP contribution is 2.33. The molecule has 0 spiro atoms. The summed E-state index contributed by atoms with van der Waals surface area (Å²) >= 11 is 0. The van der Waals surface area contributed by atoms with Crippen molar-refractivity contribution in [3.63, 3.8) is 0 Å². The molecule has 0 saturated heterocycles. The Hall–Kier alpha value is -2.72. The summed E-state index contributed by atoms with van der Waals surface area (Å²) in [4.78, 5) is 3.71. The molecule has 0 aliphatic rings. The van der Waals surface area contributed by atoms with Crippen molar-refractivity contribution in [2.24, 2.45) is 0 Å². The molecule has 24 heavy (non-hydrogen) atoms. The number of benzene rings is 1. The summed E-state index contributed by atoms with van der Waals surface area (Å²) in [6, 6.07) is 1.66. The molecule has 0 radical (unpaired) electrons. The molecule has 3 aromatic rings. The highest BCUT2D eigenvalue weighted by molar-refractivity contribution is 5.61. The van der Waals surface area contributed by atoms with Crippen molar-refractivity contribution in [2.75, 3.05) is 0 Å². The first kappa shape index (κ1) is 16.1. The Morgan fingerprint density at radius 1 is 0.917 bits per heavy atom. The number of halogens is 7. The van der Waals surface area contributed by atoms with E-state index in [1.807, 2.05) is 0 Å². The van der Waals surface area contributed by atoms with Gasteiger partial charge in [0, 0.05) is 11.8 Å². The van der Waals surface area contributed by atoms with E-state index in [0.29, 0.717) is 10.5 Å². The van der Waals surface area contributed by atoms with Gasteiger partial charge in [-0.15, -0.1) is 10.2 Å². The van der Waals surface area contributed by atoms with Crippen LogP contribution >= 0.6 is 0 Å². The topological polar surface area (TPSA) is 43.1 Å². The summed E-state index contributed by atoms with van der Waals surface area (Å²) < 4.78 is 90.5. The Labute approximate surface area is 128 Å². The van der Waals surface area contributed by atoms with Crippen LogP contribution in [-0.4, -0.2) is 19.6 Å². The van der Waals surface area contributed by atoms with Crippen LogP contribution in [0.15, 0.2) is 30.6 Å². The van der Waals surface area contributed by atoms with Gasteiger partial charge in [-0.3, -0.25) is 9.38 Å². The highest BCUT2D eigenvalue weighted by atomic mass is 19.4. The molecule has 0 fully saturated rings. The van der Waals surface area contributed by atoms with Crippen LogP contribution in [0.2, 0.25) is 0 Å². The number of hydrogen-bond acceptors (Lipinski definition) is 3. The Kier molecular flexibility index (Phi) is 3.46. The molecule has 4 nitrogen and oxygen atoms in total. The van der Waals surface area contributed by atoms with E-state index in [9.17, 15) is 30.7 Å². The van der Waals surface area contributed by atoms with E-state index in [0.717, 1.165) is 18.5 Å². The normalized spacial score (nSPS) is 12.8. The molecule has 0 atom stereocenters. The standard InChI is InChI=1S/C13H5F7N4/c14-8-3-6(12(15,16)17)1-2-7(8)9-5-24-10(4-21-9)22-23-11(24)13(18,19)20/h1-5H. The van der Waals surface area contributed by atoms with Crippen LogP contribution in [0, 0.1) is 5.82 Å². The van der Waals surface area contributed by atoms with E-state index in [-0.39, 0.29) is 23.0 Å². The lowest BCUT2D eigenvalue weighted by Crippen LogP contribution is -2.11. The number of nitrogens with zero attached hydrogens (tertiary/aromatic N) is 4. The van der Waals surface area contributed by atoms with Gasteiger partial charge < -0.3 is 0 Å². The molecule has 2 heterocycles. The van der Waals surface area contributed by atoms with Gasteiger partial charge in [0.25, 0.3) is 0 Å². The molecule has 0 N–H and O–H groups in total. The lowest BCUT2D eigenvalue weighted by molar-refractivity contribution is -0.145. The predicted molar refractivity (Wildman–Crippen MR) is 66.2 cm³/mol. The van der Waals surface area contributed by atoms with Crippen LogP contribution in [-0.2, 0) is 12.4 Å². The zero-order chi connectivity index (χ0) is 17.7. The number of alkyl halides is 6. The van der Waals surface area contributed by atoms with Gasteiger partial charge in [-0.05, 0) is 18.2 Å². The summed E-state index contributed by atoms with van der Waals surface area (Å²) in [5.41, 5.74) is -2.13. The van der Waals surface area contributed by atoms with Gasteiger partial charge in [-0.25, -0.2) is 4.39 Å². The van der Waals surface area contributed by atoms with Gasteiger partial charge in [-0.1, -0.05) is 0 Å². The molecule has 1 aromatic carbocycles. The molecular formula is C13H5F7N4. The van der Waals surface area contributed by atoms with Crippen LogP contribution in [0.5, 0.6) is 0 Å². The maximum absolute atomic E-state index is 13.9. The second-order valence-electron chi connectivity index (χ2n) is 4.71. The predicted octanol–water partition coefficient (Wildman–Crippen LogP) is 3.97. The van der Waals surface area contributed by atoms with Crippen LogP contribution < -0.4 is 0 Å². The number of rotatable bonds is 1. The summed E-state index contributed by atoms with van der Waals surface area (Å²) in [6.45, 7) is 0.